The Balaban J connectivity index is 0. The van der Waals surface area contributed by atoms with E-state index in [1.165, 1.54) is 6.92 Å². The third kappa shape index (κ3) is 103. The normalized spacial score (nSPS) is 7.78. The van der Waals surface area contributed by atoms with Gasteiger partial charge in [0.2, 0.25) is 5.91 Å². The van der Waals surface area contributed by atoms with Gasteiger partial charge in [0.05, 0.1) is 0 Å². The second-order valence-corrected chi connectivity index (χ2v) is 2.54. The van der Waals surface area contributed by atoms with Crippen LogP contribution in [0.4, 0.5) is 0 Å². The van der Waals surface area contributed by atoms with Gasteiger partial charge in [-0.2, -0.15) is 0 Å². The summed E-state index contributed by atoms with van der Waals surface area (Å²) in [6.07, 6.45) is 0. The predicted octanol–water partition coefficient (Wildman–Crippen LogP) is 1.41. The molecular weight excluding hydrogens is 114 g/mol. The van der Waals surface area contributed by atoms with Gasteiger partial charge in [-0.15, -0.1) is 0 Å². The van der Waals surface area contributed by atoms with Gasteiger partial charge < -0.3 is 5.32 Å². The summed E-state index contributed by atoms with van der Waals surface area (Å²) in [6.45, 7) is 7.97. The quantitative estimate of drug-likeness (QED) is 0.529. The van der Waals surface area contributed by atoms with Crippen LogP contribution < -0.4 is 5.32 Å². The maximum atomic E-state index is 9.70. The summed E-state index contributed by atoms with van der Waals surface area (Å²) < 4.78 is 0. The molecule has 0 radical (unpaired) electrons. The highest BCUT2D eigenvalue weighted by Crippen LogP contribution is 1.81. The fourth-order valence-corrected chi connectivity index (χ4v) is 0. The zero-order valence-electron chi connectivity index (χ0n) is 6.99. The van der Waals surface area contributed by atoms with Crippen LogP contribution in [0, 0.1) is 5.92 Å². The molecule has 0 heterocycles. The topological polar surface area (TPSA) is 29.1 Å². The summed E-state index contributed by atoms with van der Waals surface area (Å²) in [5.74, 6) is 0.838. The van der Waals surface area contributed by atoms with Crippen LogP contribution in [0.15, 0.2) is 0 Å². The second-order valence-electron chi connectivity index (χ2n) is 2.54. The smallest absolute Gasteiger partial charge is 0.216 e. The molecule has 56 valence electrons. The van der Waals surface area contributed by atoms with Gasteiger partial charge in [-0.25, -0.2) is 0 Å². The fraction of sp³-hybridized carbons (Fsp3) is 0.857. The first-order chi connectivity index (χ1) is 4.00. The van der Waals surface area contributed by atoms with Crippen molar-refractivity contribution in [3.8, 4) is 0 Å². The van der Waals surface area contributed by atoms with E-state index in [-0.39, 0.29) is 5.91 Å². The molecule has 0 atom stereocenters. The first-order valence-electron chi connectivity index (χ1n) is 3.19. The number of carbonyl (C=O) groups is 1. The minimum absolute atomic E-state index is 0.00463. The molecule has 0 aliphatic carbocycles. The monoisotopic (exact) mass is 131 g/mol. The predicted molar refractivity (Wildman–Crippen MR) is 40.3 cm³/mol. The highest BCUT2D eigenvalue weighted by molar-refractivity contribution is 5.72. The van der Waals surface area contributed by atoms with Crippen LogP contribution in [0.2, 0.25) is 0 Å². The van der Waals surface area contributed by atoms with E-state index in [0.29, 0.717) is 0 Å². The zero-order chi connectivity index (χ0) is 7.86. The summed E-state index contributed by atoms with van der Waals surface area (Å²) in [7, 11) is 1.60. The van der Waals surface area contributed by atoms with Gasteiger partial charge in [0, 0.05) is 14.0 Å². The lowest BCUT2D eigenvalue weighted by atomic mass is 10.3. The van der Waals surface area contributed by atoms with Gasteiger partial charge in [-0.05, 0) is 5.92 Å². The molecule has 1 amide bonds. The van der Waals surface area contributed by atoms with E-state index in [9.17, 15) is 4.79 Å². The highest BCUT2D eigenvalue weighted by Gasteiger charge is 1.72. The number of hydrogen-bond donors (Lipinski definition) is 1. The van der Waals surface area contributed by atoms with Crippen LogP contribution in [-0.4, -0.2) is 13.0 Å². The Morgan fingerprint density at radius 2 is 1.44 bits per heavy atom. The van der Waals surface area contributed by atoms with Crippen molar-refractivity contribution in [2.75, 3.05) is 7.05 Å². The largest absolute Gasteiger partial charge is 0.359 e. The Morgan fingerprint density at radius 1 is 1.33 bits per heavy atom. The molecule has 0 fully saturated rings. The van der Waals surface area contributed by atoms with E-state index in [0.717, 1.165) is 5.92 Å². The summed E-state index contributed by atoms with van der Waals surface area (Å²) in [5.41, 5.74) is 0. The van der Waals surface area contributed by atoms with Gasteiger partial charge in [0.25, 0.3) is 0 Å². The minimum atomic E-state index is 0.00463. The molecule has 0 bridgehead atoms. The lowest BCUT2D eigenvalue weighted by molar-refractivity contribution is -0.118. The first-order valence-corrected chi connectivity index (χ1v) is 3.19. The van der Waals surface area contributed by atoms with Gasteiger partial charge in [-0.3, -0.25) is 4.79 Å². The van der Waals surface area contributed by atoms with Crippen molar-refractivity contribution in [3.05, 3.63) is 0 Å². The Labute approximate surface area is 57.6 Å². The average Bonchev–Trinajstić information content (AvgIpc) is 1.65. The maximum Gasteiger partial charge on any atom is 0.216 e. The lowest BCUT2D eigenvalue weighted by Crippen LogP contribution is -2.11. The molecule has 0 aromatic rings. The molecule has 0 rings (SSSR count). The lowest BCUT2D eigenvalue weighted by Gasteiger charge is -1.80. The molecule has 0 aromatic heterocycles. The van der Waals surface area contributed by atoms with E-state index in [2.05, 4.69) is 26.1 Å². The fourth-order valence-electron chi connectivity index (χ4n) is 0. The Morgan fingerprint density at radius 3 is 1.44 bits per heavy atom. The van der Waals surface area contributed by atoms with E-state index in [4.69, 9.17) is 0 Å². The first kappa shape index (κ1) is 11.3. The standard InChI is InChI=1S/C4H10.C3H7NO/c1-4(2)3;1-3(5)4-2/h4H,1-3H3;1-2H3,(H,4,5). The van der Waals surface area contributed by atoms with Crippen LogP contribution in [0.5, 0.6) is 0 Å². The Bertz CT molecular complexity index is 66.6. The van der Waals surface area contributed by atoms with Crippen molar-refractivity contribution < 1.29 is 4.79 Å². The van der Waals surface area contributed by atoms with Crippen LogP contribution in [0.3, 0.4) is 0 Å². The average molecular weight is 131 g/mol. The van der Waals surface area contributed by atoms with Crippen molar-refractivity contribution in [1.82, 2.24) is 5.32 Å². The van der Waals surface area contributed by atoms with Crippen LogP contribution in [-0.2, 0) is 4.79 Å². The third-order valence-corrected chi connectivity index (χ3v) is 0.352. The van der Waals surface area contributed by atoms with Crippen molar-refractivity contribution in [2.45, 2.75) is 27.7 Å². The van der Waals surface area contributed by atoms with Gasteiger partial charge >= 0.3 is 0 Å². The van der Waals surface area contributed by atoms with E-state index in [1.54, 1.807) is 7.05 Å². The van der Waals surface area contributed by atoms with Crippen LogP contribution >= 0.6 is 0 Å². The van der Waals surface area contributed by atoms with E-state index < -0.39 is 0 Å². The Kier molecular flexibility index (Phi) is 9.37. The molecule has 0 aliphatic heterocycles. The molecule has 2 heteroatoms. The molecule has 1 N–H and O–H groups in total. The molecule has 2 nitrogen and oxygen atoms in total. The third-order valence-electron chi connectivity index (χ3n) is 0.352. The highest BCUT2D eigenvalue weighted by atomic mass is 16.1. The molecule has 0 unspecified atom stereocenters. The second kappa shape index (κ2) is 7.47. The van der Waals surface area contributed by atoms with Crippen molar-refractivity contribution >= 4 is 5.91 Å². The molecule has 0 saturated heterocycles. The molecule has 0 aliphatic rings. The van der Waals surface area contributed by atoms with Crippen LogP contribution in [0.1, 0.15) is 27.7 Å². The van der Waals surface area contributed by atoms with Gasteiger partial charge in [-0.1, -0.05) is 20.8 Å². The molecular formula is C7H17NO. The van der Waals surface area contributed by atoms with Gasteiger partial charge in [0.1, 0.15) is 0 Å². The Hall–Kier alpha value is -0.530. The molecule has 0 saturated carbocycles. The minimum Gasteiger partial charge on any atom is -0.359 e. The summed E-state index contributed by atoms with van der Waals surface area (Å²) >= 11 is 0. The number of carbonyl (C=O) groups excluding carboxylic acids is 1. The maximum absolute atomic E-state index is 9.70. The van der Waals surface area contributed by atoms with E-state index >= 15 is 0 Å². The number of rotatable bonds is 0. The number of hydrogen-bond acceptors (Lipinski definition) is 1. The SMILES string of the molecule is CC(C)C.CNC(C)=O. The van der Waals surface area contributed by atoms with Crippen LogP contribution in [0.25, 0.3) is 0 Å². The molecule has 0 aromatic carbocycles. The number of nitrogens with one attached hydrogen (secondary N) is 1. The van der Waals surface area contributed by atoms with Gasteiger partial charge in [0.15, 0.2) is 0 Å². The number of amides is 1. The summed E-state index contributed by atoms with van der Waals surface area (Å²) in [4.78, 5) is 9.70. The zero-order valence-corrected chi connectivity index (χ0v) is 6.99. The molecule has 0 spiro atoms. The van der Waals surface area contributed by atoms with E-state index in [1.807, 2.05) is 0 Å². The van der Waals surface area contributed by atoms with Crippen molar-refractivity contribution in [1.29, 1.82) is 0 Å². The molecule has 9 heavy (non-hydrogen) atoms. The van der Waals surface area contributed by atoms with Crippen molar-refractivity contribution in [3.63, 3.8) is 0 Å². The van der Waals surface area contributed by atoms with Crippen molar-refractivity contribution in [2.24, 2.45) is 5.92 Å². The summed E-state index contributed by atoms with van der Waals surface area (Å²) in [6, 6.07) is 0. The summed E-state index contributed by atoms with van der Waals surface area (Å²) in [5, 5.41) is 2.39.